The Morgan fingerprint density at radius 2 is 2.14 bits per heavy atom. The number of hydrogen-bond acceptors (Lipinski definition) is 3. The van der Waals surface area contributed by atoms with Crippen LogP contribution in [0.5, 0.6) is 0 Å². The molecule has 1 aromatic carbocycles. The molecule has 2 rings (SSSR count). The average molecular weight is 289 g/mol. The van der Waals surface area contributed by atoms with Crippen molar-refractivity contribution in [3.05, 3.63) is 29.3 Å². The van der Waals surface area contributed by atoms with Crippen molar-refractivity contribution >= 4 is 11.6 Å². The van der Waals surface area contributed by atoms with Crippen molar-refractivity contribution in [1.82, 2.24) is 10.6 Å². The van der Waals surface area contributed by atoms with Gasteiger partial charge in [0.1, 0.15) is 0 Å². The molecule has 1 heterocycles. The second-order valence-corrected chi connectivity index (χ2v) is 6.11. The van der Waals surface area contributed by atoms with E-state index in [1.54, 1.807) is 0 Å². The van der Waals surface area contributed by atoms with Gasteiger partial charge in [0.15, 0.2) is 0 Å². The number of carbonyl (C=O) groups excluding carboxylic acids is 1. The lowest BCUT2D eigenvalue weighted by molar-refractivity contribution is -0.123. The summed E-state index contributed by atoms with van der Waals surface area (Å²) in [6.45, 7) is 7.31. The van der Waals surface area contributed by atoms with Gasteiger partial charge in [-0.25, -0.2) is 0 Å². The van der Waals surface area contributed by atoms with E-state index < -0.39 is 0 Å². The maximum Gasteiger partial charge on any atom is 0.222 e. The summed E-state index contributed by atoms with van der Waals surface area (Å²) in [5.74, 6) is 0.177. The molecule has 21 heavy (non-hydrogen) atoms. The minimum Gasteiger partial charge on any atom is -0.374 e. The summed E-state index contributed by atoms with van der Waals surface area (Å²) in [4.78, 5) is 13.8. The van der Waals surface area contributed by atoms with Crippen LogP contribution in [0.2, 0.25) is 0 Å². The van der Waals surface area contributed by atoms with Crippen molar-refractivity contribution in [3.8, 4) is 0 Å². The van der Waals surface area contributed by atoms with Crippen LogP contribution in [0, 0.1) is 5.92 Å². The van der Waals surface area contributed by atoms with Crippen molar-refractivity contribution in [2.24, 2.45) is 5.92 Å². The zero-order chi connectivity index (χ0) is 15.2. The summed E-state index contributed by atoms with van der Waals surface area (Å²) in [6.07, 6.45) is 2.42. The molecule has 4 nitrogen and oxygen atoms in total. The number of fused-ring (bicyclic) bond motifs is 1. The first-order valence-electron chi connectivity index (χ1n) is 7.89. The molecule has 0 unspecified atom stereocenters. The first kappa shape index (κ1) is 15.8. The normalized spacial score (nSPS) is 14.2. The molecule has 0 atom stereocenters. The largest absolute Gasteiger partial charge is 0.374 e. The van der Waals surface area contributed by atoms with Crippen LogP contribution in [0.3, 0.4) is 0 Å². The molecule has 0 aromatic heterocycles. The predicted octanol–water partition coefficient (Wildman–Crippen LogP) is 1.93. The smallest absolute Gasteiger partial charge is 0.222 e. The minimum absolute atomic E-state index is 0.0580. The molecule has 1 aliphatic rings. The van der Waals surface area contributed by atoms with Gasteiger partial charge in [0.2, 0.25) is 5.91 Å². The molecule has 0 radical (unpaired) electrons. The maximum atomic E-state index is 11.4. The summed E-state index contributed by atoms with van der Waals surface area (Å²) in [7, 11) is 2.16. The molecule has 2 N–H and O–H groups in total. The molecule has 0 saturated heterocycles. The van der Waals surface area contributed by atoms with Crippen molar-refractivity contribution in [3.63, 3.8) is 0 Å². The highest BCUT2D eigenvalue weighted by molar-refractivity contribution is 5.77. The SMILES string of the molecule is CC(C)C(=O)NCCNCc1ccc2c(c1)CCCN2C. The van der Waals surface area contributed by atoms with Crippen LogP contribution in [0.4, 0.5) is 5.69 Å². The van der Waals surface area contributed by atoms with Crippen molar-refractivity contribution in [1.29, 1.82) is 0 Å². The Hall–Kier alpha value is -1.55. The van der Waals surface area contributed by atoms with Gasteiger partial charge in [-0.2, -0.15) is 0 Å². The van der Waals surface area contributed by atoms with E-state index in [4.69, 9.17) is 0 Å². The third-order valence-electron chi connectivity index (χ3n) is 3.95. The van der Waals surface area contributed by atoms with E-state index in [1.165, 1.54) is 29.7 Å². The van der Waals surface area contributed by atoms with E-state index in [9.17, 15) is 4.79 Å². The Morgan fingerprint density at radius 1 is 1.33 bits per heavy atom. The zero-order valence-corrected chi connectivity index (χ0v) is 13.4. The zero-order valence-electron chi connectivity index (χ0n) is 13.4. The van der Waals surface area contributed by atoms with E-state index in [0.29, 0.717) is 6.54 Å². The quantitative estimate of drug-likeness (QED) is 0.787. The van der Waals surface area contributed by atoms with E-state index in [2.05, 4.69) is 40.8 Å². The Morgan fingerprint density at radius 3 is 2.90 bits per heavy atom. The fraction of sp³-hybridized carbons (Fsp3) is 0.588. The topological polar surface area (TPSA) is 44.4 Å². The van der Waals surface area contributed by atoms with Gasteiger partial charge in [-0.1, -0.05) is 26.0 Å². The highest BCUT2D eigenvalue weighted by Gasteiger charge is 2.13. The van der Waals surface area contributed by atoms with E-state index in [1.807, 2.05) is 13.8 Å². The number of nitrogens with zero attached hydrogens (tertiary/aromatic N) is 1. The summed E-state index contributed by atoms with van der Waals surface area (Å²) in [5.41, 5.74) is 4.14. The van der Waals surface area contributed by atoms with Crippen molar-refractivity contribution in [2.75, 3.05) is 31.6 Å². The second kappa shape index (κ2) is 7.46. The first-order valence-corrected chi connectivity index (χ1v) is 7.89. The van der Waals surface area contributed by atoms with Gasteiger partial charge in [-0.15, -0.1) is 0 Å². The summed E-state index contributed by atoms with van der Waals surface area (Å²) >= 11 is 0. The molecular weight excluding hydrogens is 262 g/mol. The predicted molar refractivity (Wildman–Crippen MR) is 87.6 cm³/mol. The fourth-order valence-electron chi connectivity index (χ4n) is 2.66. The fourth-order valence-corrected chi connectivity index (χ4v) is 2.66. The third-order valence-corrected chi connectivity index (χ3v) is 3.95. The number of carbonyl (C=O) groups is 1. The molecule has 1 aromatic rings. The molecule has 0 saturated carbocycles. The lowest BCUT2D eigenvalue weighted by atomic mass is 9.99. The van der Waals surface area contributed by atoms with Crippen LogP contribution in [0.25, 0.3) is 0 Å². The number of rotatable bonds is 6. The summed E-state index contributed by atoms with van der Waals surface area (Å²) in [6, 6.07) is 6.73. The molecule has 0 bridgehead atoms. The number of anilines is 1. The number of amides is 1. The van der Waals surface area contributed by atoms with Gasteiger partial charge < -0.3 is 15.5 Å². The van der Waals surface area contributed by atoms with E-state index in [-0.39, 0.29) is 11.8 Å². The Balaban J connectivity index is 1.75. The Kier molecular flexibility index (Phi) is 5.62. The molecule has 116 valence electrons. The van der Waals surface area contributed by atoms with Crippen LogP contribution in [-0.4, -0.2) is 32.6 Å². The number of nitrogens with one attached hydrogen (secondary N) is 2. The van der Waals surface area contributed by atoms with Crippen molar-refractivity contribution in [2.45, 2.75) is 33.2 Å². The van der Waals surface area contributed by atoms with E-state index in [0.717, 1.165) is 19.6 Å². The average Bonchev–Trinajstić information content (AvgIpc) is 2.46. The van der Waals surface area contributed by atoms with Crippen molar-refractivity contribution < 1.29 is 4.79 Å². The highest BCUT2D eigenvalue weighted by atomic mass is 16.1. The monoisotopic (exact) mass is 289 g/mol. The molecular formula is C17H27N3O. The van der Waals surface area contributed by atoms with Crippen LogP contribution >= 0.6 is 0 Å². The number of aryl methyl sites for hydroxylation is 1. The lowest BCUT2D eigenvalue weighted by Gasteiger charge is -2.27. The highest BCUT2D eigenvalue weighted by Crippen LogP contribution is 2.26. The maximum absolute atomic E-state index is 11.4. The molecule has 0 aliphatic carbocycles. The van der Waals surface area contributed by atoms with E-state index >= 15 is 0 Å². The lowest BCUT2D eigenvalue weighted by Crippen LogP contribution is -2.34. The van der Waals surface area contributed by atoms with Gasteiger partial charge in [0.05, 0.1) is 0 Å². The van der Waals surface area contributed by atoms with Crippen LogP contribution < -0.4 is 15.5 Å². The minimum atomic E-state index is 0.0580. The molecule has 1 aliphatic heterocycles. The standard InChI is InChI=1S/C17H27N3O/c1-13(2)17(21)19-9-8-18-12-14-6-7-16-15(11-14)5-4-10-20(16)3/h6-7,11,13,18H,4-5,8-10,12H2,1-3H3,(H,19,21). The van der Waals surface area contributed by atoms with Gasteiger partial charge in [-0.05, 0) is 30.0 Å². The Labute approximate surface area is 127 Å². The molecule has 1 amide bonds. The van der Waals surface area contributed by atoms with Crippen LogP contribution in [0.1, 0.15) is 31.4 Å². The van der Waals surface area contributed by atoms with Crippen LogP contribution in [-0.2, 0) is 17.8 Å². The summed E-state index contributed by atoms with van der Waals surface area (Å²) < 4.78 is 0. The molecule has 0 spiro atoms. The van der Waals surface area contributed by atoms with Gasteiger partial charge in [0.25, 0.3) is 0 Å². The molecule has 4 heteroatoms. The van der Waals surface area contributed by atoms with Gasteiger partial charge >= 0.3 is 0 Å². The number of benzene rings is 1. The summed E-state index contributed by atoms with van der Waals surface area (Å²) in [5, 5.41) is 6.30. The van der Waals surface area contributed by atoms with Gasteiger partial charge in [0, 0.05) is 44.8 Å². The first-order chi connectivity index (χ1) is 10.1. The van der Waals surface area contributed by atoms with Gasteiger partial charge in [-0.3, -0.25) is 4.79 Å². The second-order valence-electron chi connectivity index (χ2n) is 6.11. The molecule has 0 fully saturated rings. The number of hydrogen-bond donors (Lipinski definition) is 2. The van der Waals surface area contributed by atoms with Crippen LogP contribution in [0.15, 0.2) is 18.2 Å². The Bertz CT molecular complexity index is 485. The third kappa shape index (κ3) is 4.46.